The second-order valence-corrected chi connectivity index (χ2v) is 5.80. The summed E-state index contributed by atoms with van der Waals surface area (Å²) in [5.41, 5.74) is 2.01. The molecule has 102 valence electrons. The molecule has 1 aromatic heterocycles. The minimum atomic E-state index is 0.679. The molecule has 6 heteroatoms. The van der Waals surface area contributed by atoms with Crippen molar-refractivity contribution in [3.63, 3.8) is 0 Å². The second kappa shape index (κ2) is 5.84. The Kier molecular flexibility index (Phi) is 4.37. The Morgan fingerprint density at radius 2 is 2.16 bits per heavy atom. The summed E-state index contributed by atoms with van der Waals surface area (Å²) in [4.78, 5) is 6.35. The van der Waals surface area contributed by atoms with E-state index in [2.05, 4.69) is 30.8 Å². The third-order valence-electron chi connectivity index (χ3n) is 2.85. The van der Waals surface area contributed by atoms with E-state index >= 15 is 0 Å². The lowest BCUT2D eigenvalue weighted by atomic mass is 10.3. The van der Waals surface area contributed by atoms with Crippen LogP contribution in [0.3, 0.4) is 0 Å². The summed E-state index contributed by atoms with van der Waals surface area (Å²) in [6.07, 6.45) is 1.87. The Balaban J connectivity index is 2.10. The predicted octanol–water partition coefficient (Wildman–Crippen LogP) is 3.51. The molecule has 1 N–H and O–H groups in total. The summed E-state index contributed by atoms with van der Waals surface area (Å²) in [5, 5.41) is 4.02. The van der Waals surface area contributed by atoms with Crippen LogP contribution in [0.15, 0.2) is 28.9 Å². The van der Waals surface area contributed by atoms with Crippen LogP contribution in [0.2, 0.25) is 5.02 Å². The monoisotopic (exact) mass is 342 g/mol. The Hall–Kier alpha value is -1.20. The van der Waals surface area contributed by atoms with Gasteiger partial charge in [0.25, 0.3) is 0 Å². The van der Waals surface area contributed by atoms with Crippen molar-refractivity contribution in [3.8, 4) is 0 Å². The molecular weight excluding hydrogens is 328 g/mol. The number of rotatable bonds is 4. The lowest BCUT2D eigenvalue weighted by Gasteiger charge is -2.13. The van der Waals surface area contributed by atoms with Gasteiger partial charge in [0, 0.05) is 25.6 Å². The van der Waals surface area contributed by atoms with Crippen molar-refractivity contribution in [2.24, 2.45) is 7.05 Å². The summed E-state index contributed by atoms with van der Waals surface area (Å²) in [6, 6.07) is 5.79. The highest BCUT2D eigenvalue weighted by Crippen LogP contribution is 2.26. The average Bonchev–Trinajstić information content (AvgIpc) is 2.70. The number of aromatic nitrogens is 2. The molecule has 0 aliphatic heterocycles. The van der Waals surface area contributed by atoms with Crippen LogP contribution in [0.25, 0.3) is 0 Å². The Labute approximate surface area is 126 Å². The third-order valence-corrected chi connectivity index (χ3v) is 3.66. The molecule has 0 bridgehead atoms. The van der Waals surface area contributed by atoms with Crippen LogP contribution >= 0.6 is 27.5 Å². The molecule has 4 nitrogen and oxygen atoms in total. The van der Waals surface area contributed by atoms with Gasteiger partial charge < -0.3 is 14.8 Å². The Morgan fingerprint density at radius 1 is 1.42 bits per heavy atom. The summed E-state index contributed by atoms with van der Waals surface area (Å²) in [7, 11) is 5.96. The molecule has 0 unspecified atom stereocenters. The maximum absolute atomic E-state index is 6.17. The van der Waals surface area contributed by atoms with Crippen LogP contribution in [0.1, 0.15) is 5.69 Å². The van der Waals surface area contributed by atoms with E-state index in [4.69, 9.17) is 11.6 Å². The van der Waals surface area contributed by atoms with Crippen LogP contribution in [-0.2, 0) is 13.6 Å². The number of anilines is 2. The first-order chi connectivity index (χ1) is 8.99. The van der Waals surface area contributed by atoms with Crippen LogP contribution in [-0.4, -0.2) is 23.6 Å². The highest BCUT2D eigenvalue weighted by atomic mass is 79.9. The van der Waals surface area contributed by atoms with Crippen molar-refractivity contribution in [2.45, 2.75) is 6.54 Å². The summed E-state index contributed by atoms with van der Waals surface area (Å²) < 4.78 is 3.03. The van der Waals surface area contributed by atoms with Crippen molar-refractivity contribution >= 4 is 39.2 Å². The molecular formula is C13H16BrClN4. The molecule has 1 heterocycles. The summed E-state index contributed by atoms with van der Waals surface area (Å²) in [5.74, 6) is 0.929. The minimum absolute atomic E-state index is 0.679. The molecule has 1 aromatic carbocycles. The number of benzene rings is 1. The molecule has 0 saturated carbocycles. The van der Waals surface area contributed by atoms with Crippen molar-refractivity contribution in [2.75, 3.05) is 24.3 Å². The number of hydrogen-bond acceptors (Lipinski definition) is 3. The van der Waals surface area contributed by atoms with Gasteiger partial charge in [-0.25, -0.2) is 4.98 Å². The quantitative estimate of drug-likeness (QED) is 0.922. The maximum Gasteiger partial charge on any atom is 0.204 e. The second-order valence-electron chi connectivity index (χ2n) is 4.48. The fourth-order valence-electron chi connectivity index (χ4n) is 1.83. The number of imidazole rings is 1. The molecule has 0 amide bonds. The lowest BCUT2D eigenvalue weighted by molar-refractivity contribution is 0.814. The molecule has 0 fully saturated rings. The molecule has 0 spiro atoms. The number of hydrogen-bond donors (Lipinski definition) is 1. The van der Waals surface area contributed by atoms with E-state index in [0.29, 0.717) is 11.6 Å². The van der Waals surface area contributed by atoms with E-state index < -0.39 is 0 Å². The topological polar surface area (TPSA) is 33.1 Å². The van der Waals surface area contributed by atoms with E-state index in [9.17, 15) is 0 Å². The highest BCUT2D eigenvalue weighted by molar-refractivity contribution is 9.10. The highest BCUT2D eigenvalue weighted by Gasteiger charge is 2.08. The van der Waals surface area contributed by atoms with E-state index in [1.807, 2.05) is 50.4 Å². The predicted molar refractivity (Wildman–Crippen MR) is 84.0 cm³/mol. The fourth-order valence-corrected chi connectivity index (χ4v) is 2.57. The largest absolute Gasteiger partial charge is 0.378 e. The van der Waals surface area contributed by atoms with Crippen molar-refractivity contribution in [3.05, 3.63) is 39.6 Å². The van der Waals surface area contributed by atoms with Gasteiger partial charge in [0.05, 0.1) is 29.1 Å². The van der Waals surface area contributed by atoms with Gasteiger partial charge in [-0.2, -0.15) is 0 Å². The minimum Gasteiger partial charge on any atom is -0.378 e. The van der Waals surface area contributed by atoms with Gasteiger partial charge in [0.2, 0.25) is 5.95 Å². The van der Waals surface area contributed by atoms with Gasteiger partial charge in [0.1, 0.15) is 0 Å². The number of nitrogens with one attached hydrogen (secondary N) is 1. The summed E-state index contributed by atoms with van der Waals surface area (Å²) >= 11 is 9.56. The van der Waals surface area contributed by atoms with Crippen LogP contribution in [0.4, 0.5) is 11.6 Å². The smallest absolute Gasteiger partial charge is 0.204 e. The maximum atomic E-state index is 6.17. The van der Waals surface area contributed by atoms with Gasteiger partial charge in [-0.1, -0.05) is 27.5 Å². The standard InChI is InChI=1S/C13H16BrClN4/c1-18(2)13-17-8-10(19(13)3)7-16-12-5-4-9(14)6-11(12)15/h4-6,8,16H,7H2,1-3H3. The van der Waals surface area contributed by atoms with Gasteiger partial charge in [0.15, 0.2) is 0 Å². The van der Waals surface area contributed by atoms with Gasteiger partial charge in [-0.05, 0) is 18.2 Å². The SMILES string of the molecule is CN(C)c1ncc(CNc2ccc(Br)cc2Cl)n1C. The molecule has 0 aliphatic carbocycles. The first-order valence-corrected chi connectivity index (χ1v) is 7.03. The normalized spacial score (nSPS) is 10.6. The molecule has 0 atom stereocenters. The van der Waals surface area contributed by atoms with Crippen molar-refractivity contribution in [1.29, 1.82) is 0 Å². The molecule has 0 aliphatic rings. The molecule has 2 rings (SSSR count). The number of nitrogens with zero attached hydrogens (tertiary/aromatic N) is 3. The zero-order valence-electron chi connectivity index (χ0n) is 11.1. The first-order valence-electron chi connectivity index (χ1n) is 5.86. The van der Waals surface area contributed by atoms with E-state index in [-0.39, 0.29) is 0 Å². The molecule has 2 aromatic rings. The fraction of sp³-hybridized carbons (Fsp3) is 0.308. The van der Waals surface area contributed by atoms with E-state index in [1.54, 1.807) is 0 Å². The third kappa shape index (κ3) is 3.22. The zero-order valence-corrected chi connectivity index (χ0v) is 13.5. The lowest BCUT2D eigenvalue weighted by Crippen LogP contribution is -2.15. The molecule has 0 saturated heterocycles. The van der Waals surface area contributed by atoms with Crippen molar-refractivity contribution in [1.82, 2.24) is 9.55 Å². The molecule has 0 radical (unpaired) electrons. The van der Waals surface area contributed by atoms with Gasteiger partial charge in [-0.15, -0.1) is 0 Å². The summed E-state index contributed by atoms with van der Waals surface area (Å²) in [6.45, 7) is 0.679. The van der Waals surface area contributed by atoms with Crippen LogP contribution < -0.4 is 10.2 Å². The Morgan fingerprint density at radius 3 is 2.74 bits per heavy atom. The van der Waals surface area contributed by atoms with Crippen LogP contribution in [0, 0.1) is 0 Å². The molecule has 19 heavy (non-hydrogen) atoms. The van der Waals surface area contributed by atoms with E-state index in [0.717, 1.165) is 21.8 Å². The Bertz CT molecular complexity index is 580. The zero-order chi connectivity index (χ0) is 14.0. The average molecular weight is 344 g/mol. The van der Waals surface area contributed by atoms with Gasteiger partial charge in [-0.3, -0.25) is 0 Å². The van der Waals surface area contributed by atoms with E-state index in [1.165, 1.54) is 0 Å². The van der Waals surface area contributed by atoms with Gasteiger partial charge >= 0.3 is 0 Å². The van der Waals surface area contributed by atoms with Crippen LogP contribution in [0.5, 0.6) is 0 Å². The first kappa shape index (κ1) is 14.2. The van der Waals surface area contributed by atoms with Crippen molar-refractivity contribution < 1.29 is 0 Å². The number of halogens is 2.